The van der Waals surface area contributed by atoms with Crippen molar-refractivity contribution in [3.8, 4) is 0 Å². The maximum absolute atomic E-state index is 4.94. The summed E-state index contributed by atoms with van der Waals surface area (Å²) in [4.78, 5) is 17.0. The molecule has 0 saturated carbocycles. The molecule has 0 N–H and O–H groups in total. The van der Waals surface area contributed by atoms with Crippen molar-refractivity contribution < 1.29 is 0 Å². The van der Waals surface area contributed by atoms with Crippen molar-refractivity contribution in [1.82, 2.24) is 19.2 Å². The van der Waals surface area contributed by atoms with Gasteiger partial charge in [0.15, 0.2) is 0 Å². The third kappa shape index (κ3) is 3.28. The van der Waals surface area contributed by atoms with E-state index in [2.05, 4.69) is 61.6 Å². The number of aromatic nitrogens is 2. The summed E-state index contributed by atoms with van der Waals surface area (Å²) in [5.74, 6) is 1.27. The van der Waals surface area contributed by atoms with Gasteiger partial charge in [0.1, 0.15) is 11.5 Å². The Morgan fingerprint density at radius 1 is 1.11 bits per heavy atom. The fraction of sp³-hybridized carbons (Fsp3) is 0.524. The molecule has 2 fully saturated rings. The minimum atomic E-state index is 0.488. The fourth-order valence-electron chi connectivity index (χ4n) is 4.61. The van der Waals surface area contributed by atoms with Crippen molar-refractivity contribution in [2.24, 2.45) is 4.99 Å². The van der Waals surface area contributed by atoms with Gasteiger partial charge in [0.25, 0.3) is 0 Å². The Balaban J connectivity index is 1.38. The molecular weight excluding hydrogens is 336 g/mol. The lowest BCUT2D eigenvalue weighted by Crippen LogP contribution is -2.45. The van der Waals surface area contributed by atoms with Crippen molar-refractivity contribution in [3.05, 3.63) is 42.4 Å². The monoisotopic (exact) mass is 364 g/mol. The van der Waals surface area contributed by atoms with Gasteiger partial charge in [0.05, 0.1) is 5.69 Å². The van der Waals surface area contributed by atoms with E-state index in [9.17, 15) is 0 Å². The third-order valence-corrected chi connectivity index (χ3v) is 6.13. The topological polar surface area (TPSA) is 39.4 Å². The Kier molecular flexibility index (Phi) is 4.45. The van der Waals surface area contributed by atoms with Gasteiger partial charge in [-0.25, -0.2) is 4.98 Å². The molecular formula is C21H28N6. The number of aliphatic imine (C=N–C) groups is 1. The van der Waals surface area contributed by atoms with Crippen molar-refractivity contribution in [1.29, 1.82) is 0 Å². The summed E-state index contributed by atoms with van der Waals surface area (Å²) in [7, 11) is 2.20. The first-order chi connectivity index (χ1) is 13.3. The zero-order valence-corrected chi connectivity index (χ0v) is 16.1. The molecule has 0 radical (unpaired) electrons. The average molecular weight is 364 g/mol. The van der Waals surface area contributed by atoms with Gasteiger partial charge >= 0.3 is 0 Å². The summed E-state index contributed by atoms with van der Waals surface area (Å²) in [6.45, 7) is 6.43. The second-order valence-electron chi connectivity index (χ2n) is 7.97. The molecule has 0 aromatic carbocycles. The Morgan fingerprint density at radius 2 is 2.00 bits per heavy atom. The van der Waals surface area contributed by atoms with Gasteiger partial charge in [-0.2, -0.15) is 0 Å². The number of imidazole rings is 1. The predicted molar refractivity (Wildman–Crippen MR) is 110 cm³/mol. The number of hydrogen-bond donors (Lipinski definition) is 0. The molecule has 0 amide bonds. The fourth-order valence-corrected chi connectivity index (χ4v) is 4.61. The van der Waals surface area contributed by atoms with Gasteiger partial charge in [0.2, 0.25) is 0 Å². The molecule has 3 aliphatic heterocycles. The number of piperazine rings is 1. The highest BCUT2D eigenvalue weighted by molar-refractivity contribution is 5.93. The average Bonchev–Trinajstić information content (AvgIpc) is 3.42. The van der Waals surface area contributed by atoms with Crippen LogP contribution in [0.5, 0.6) is 0 Å². The smallest absolute Gasteiger partial charge is 0.138 e. The molecule has 2 aromatic heterocycles. The van der Waals surface area contributed by atoms with E-state index in [-0.39, 0.29) is 0 Å². The van der Waals surface area contributed by atoms with Crippen LogP contribution in [0.2, 0.25) is 0 Å². The summed E-state index contributed by atoms with van der Waals surface area (Å²) in [5.41, 5.74) is 3.54. The molecule has 5 rings (SSSR count). The Bertz CT molecular complexity index is 874. The Hall–Kier alpha value is -2.18. The van der Waals surface area contributed by atoms with Crippen LogP contribution in [0.3, 0.4) is 0 Å². The number of pyridine rings is 1. The molecule has 2 saturated heterocycles. The molecule has 0 bridgehead atoms. The van der Waals surface area contributed by atoms with Crippen LogP contribution < -0.4 is 4.90 Å². The first-order valence-electron chi connectivity index (χ1n) is 10.1. The number of fused-ring (bicyclic) bond motifs is 1. The van der Waals surface area contributed by atoms with Crippen LogP contribution in [0.15, 0.2) is 41.7 Å². The molecule has 3 aliphatic rings. The molecule has 0 aliphatic carbocycles. The van der Waals surface area contributed by atoms with Crippen LogP contribution in [0.4, 0.5) is 5.82 Å². The van der Waals surface area contributed by atoms with Gasteiger partial charge in [-0.3, -0.25) is 14.3 Å². The summed E-state index contributed by atoms with van der Waals surface area (Å²) in [5, 5.41) is 0. The van der Waals surface area contributed by atoms with E-state index >= 15 is 0 Å². The van der Waals surface area contributed by atoms with E-state index < -0.39 is 0 Å². The number of rotatable bonds is 4. The first kappa shape index (κ1) is 17.0. The van der Waals surface area contributed by atoms with Crippen LogP contribution in [-0.4, -0.2) is 70.7 Å². The normalized spacial score (nSPS) is 24.3. The number of anilines is 1. The molecule has 0 spiro atoms. The highest BCUT2D eigenvalue weighted by Crippen LogP contribution is 2.25. The standard InChI is InChI=1S/C21H28N6/c1-24-11-13-25(14-12-24)21-8-2-7-20-23-17(16-27(20)21)15-26-10-4-6-19(26)18-5-3-9-22-18/h2-3,7-9,16,19H,4-6,10-15H2,1H3. The molecule has 27 heavy (non-hydrogen) atoms. The van der Waals surface area contributed by atoms with Crippen molar-refractivity contribution in [2.75, 3.05) is 44.7 Å². The second kappa shape index (κ2) is 7.09. The minimum Gasteiger partial charge on any atom is -0.355 e. The molecule has 6 heteroatoms. The summed E-state index contributed by atoms with van der Waals surface area (Å²) >= 11 is 0. The van der Waals surface area contributed by atoms with Gasteiger partial charge in [-0.05, 0) is 38.6 Å². The summed E-state index contributed by atoms with van der Waals surface area (Å²) < 4.78 is 2.28. The van der Waals surface area contributed by atoms with Gasteiger partial charge in [-0.15, -0.1) is 0 Å². The largest absolute Gasteiger partial charge is 0.355 e. The molecule has 142 valence electrons. The minimum absolute atomic E-state index is 0.488. The van der Waals surface area contributed by atoms with E-state index in [1.165, 1.54) is 24.4 Å². The van der Waals surface area contributed by atoms with Crippen molar-refractivity contribution >= 4 is 17.2 Å². The lowest BCUT2D eigenvalue weighted by molar-refractivity contribution is 0.290. The van der Waals surface area contributed by atoms with Crippen molar-refractivity contribution in [3.63, 3.8) is 0 Å². The number of hydrogen-bond acceptors (Lipinski definition) is 5. The molecule has 6 nitrogen and oxygen atoms in total. The Labute approximate surface area is 160 Å². The zero-order chi connectivity index (χ0) is 18.2. The summed E-state index contributed by atoms with van der Waals surface area (Å²) in [6.07, 6.45) is 9.86. The molecule has 1 unspecified atom stereocenters. The summed E-state index contributed by atoms with van der Waals surface area (Å²) in [6, 6.07) is 6.97. The van der Waals surface area contributed by atoms with Crippen LogP contribution in [0.1, 0.15) is 25.0 Å². The zero-order valence-electron chi connectivity index (χ0n) is 16.1. The van der Waals surface area contributed by atoms with E-state index in [4.69, 9.17) is 4.98 Å². The van der Waals surface area contributed by atoms with E-state index in [1.807, 2.05) is 6.20 Å². The van der Waals surface area contributed by atoms with Gasteiger partial charge in [0, 0.05) is 63.3 Å². The number of allylic oxidation sites excluding steroid dienone is 1. The highest BCUT2D eigenvalue weighted by Gasteiger charge is 2.29. The van der Waals surface area contributed by atoms with Crippen LogP contribution in [0, 0.1) is 0 Å². The SMILES string of the molecule is CN1CCN(c2cccc3nc(CN4CCCC4C4=NC=CC4)cn23)CC1. The number of likely N-dealkylation sites (N-methyl/N-ethyl adjacent to an activating group) is 1. The second-order valence-corrected chi connectivity index (χ2v) is 7.97. The predicted octanol–water partition coefficient (Wildman–Crippen LogP) is 2.41. The molecule has 2 aromatic rings. The highest BCUT2D eigenvalue weighted by atomic mass is 15.3. The third-order valence-electron chi connectivity index (χ3n) is 6.13. The van der Waals surface area contributed by atoms with E-state index in [1.54, 1.807) is 0 Å². The maximum Gasteiger partial charge on any atom is 0.138 e. The van der Waals surface area contributed by atoms with Crippen LogP contribution in [0.25, 0.3) is 5.65 Å². The lowest BCUT2D eigenvalue weighted by atomic mass is 10.1. The molecule has 5 heterocycles. The van der Waals surface area contributed by atoms with Crippen LogP contribution in [-0.2, 0) is 6.54 Å². The van der Waals surface area contributed by atoms with E-state index in [0.29, 0.717) is 6.04 Å². The van der Waals surface area contributed by atoms with Crippen LogP contribution >= 0.6 is 0 Å². The van der Waals surface area contributed by atoms with Gasteiger partial charge in [-0.1, -0.05) is 12.1 Å². The van der Waals surface area contributed by atoms with Crippen molar-refractivity contribution in [2.45, 2.75) is 31.8 Å². The maximum atomic E-state index is 4.94. The molecule has 1 atom stereocenters. The van der Waals surface area contributed by atoms with Gasteiger partial charge < -0.3 is 9.80 Å². The number of likely N-dealkylation sites (tertiary alicyclic amines) is 1. The number of nitrogens with zero attached hydrogens (tertiary/aromatic N) is 6. The quantitative estimate of drug-likeness (QED) is 0.835. The Morgan fingerprint density at radius 3 is 2.81 bits per heavy atom. The lowest BCUT2D eigenvalue weighted by Gasteiger charge is -2.34. The first-order valence-corrected chi connectivity index (χ1v) is 10.1. The van der Waals surface area contributed by atoms with E-state index in [0.717, 1.165) is 57.0 Å².